The molecule has 0 aliphatic heterocycles. The van der Waals surface area contributed by atoms with Gasteiger partial charge in [-0.3, -0.25) is 4.79 Å². The lowest BCUT2D eigenvalue weighted by Crippen LogP contribution is -2.54. The molecule has 0 atom stereocenters. The molecule has 7 heteroatoms. The van der Waals surface area contributed by atoms with Crippen LogP contribution in [0.5, 0.6) is 17.2 Å². The fraction of sp³-hybridized carbons (Fsp3) is 0.533. The third kappa shape index (κ3) is 3.56. The summed E-state index contributed by atoms with van der Waals surface area (Å²) in [5, 5.41) is 2.86. The van der Waals surface area contributed by atoms with Crippen molar-refractivity contribution >= 4 is 18.3 Å². The van der Waals surface area contributed by atoms with E-state index in [0.717, 1.165) is 19.3 Å². The van der Waals surface area contributed by atoms with Crippen molar-refractivity contribution in [1.29, 1.82) is 0 Å². The fourth-order valence-corrected chi connectivity index (χ4v) is 2.44. The molecule has 22 heavy (non-hydrogen) atoms. The van der Waals surface area contributed by atoms with Gasteiger partial charge in [-0.15, -0.1) is 12.4 Å². The van der Waals surface area contributed by atoms with Crippen molar-refractivity contribution in [2.75, 3.05) is 27.9 Å². The van der Waals surface area contributed by atoms with E-state index < -0.39 is 0 Å². The highest BCUT2D eigenvalue weighted by molar-refractivity contribution is 5.98. The van der Waals surface area contributed by atoms with Gasteiger partial charge in [-0.1, -0.05) is 0 Å². The van der Waals surface area contributed by atoms with Gasteiger partial charge in [0.2, 0.25) is 5.75 Å². The fourth-order valence-electron chi connectivity index (χ4n) is 2.44. The normalized spacial score (nSPS) is 15.1. The summed E-state index contributed by atoms with van der Waals surface area (Å²) in [6.07, 6.45) is 3.00. The smallest absolute Gasteiger partial charge is 0.255 e. The molecule has 1 aromatic carbocycles. The Morgan fingerprint density at radius 2 is 1.82 bits per heavy atom. The number of nitrogens with two attached hydrogens (primary N) is 1. The largest absolute Gasteiger partial charge is 0.493 e. The molecule has 2 rings (SSSR count). The summed E-state index contributed by atoms with van der Waals surface area (Å²) >= 11 is 0. The highest BCUT2D eigenvalue weighted by atomic mass is 35.5. The monoisotopic (exact) mass is 330 g/mol. The van der Waals surface area contributed by atoms with Crippen molar-refractivity contribution in [3.63, 3.8) is 0 Å². The molecule has 1 saturated carbocycles. The van der Waals surface area contributed by atoms with Crippen LogP contribution in [-0.2, 0) is 0 Å². The first-order valence-electron chi connectivity index (χ1n) is 6.90. The third-order valence-electron chi connectivity index (χ3n) is 3.90. The second-order valence-corrected chi connectivity index (χ2v) is 5.28. The first kappa shape index (κ1) is 18.4. The SMILES string of the molecule is COc1ccc(C(=O)NCC2(N)CCC2)c(OC)c1OC.Cl. The first-order chi connectivity index (χ1) is 10.0. The number of hydrogen-bond donors (Lipinski definition) is 2. The minimum absolute atomic E-state index is 0. The molecule has 6 nitrogen and oxygen atoms in total. The summed E-state index contributed by atoms with van der Waals surface area (Å²) < 4.78 is 15.8. The van der Waals surface area contributed by atoms with Crippen LogP contribution < -0.4 is 25.3 Å². The minimum Gasteiger partial charge on any atom is -0.493 e. The highest BCUT2D eigenvalue weighted by Crippen LogP contribution is 2.39. The molecule has 0 aromatic heterocycles. The summed E-state index contributed by atoms with van der Waals surface area (Å²) in [7, 11) is 4.53. The first-order valence-corrected chi connectivity index (χ1v) is 6.90. The van der Waals surface area contributed by atoms with Gasteiger partial charge < -0.3 is 25.3 Å². The lowest BCUT2D eigenvalue weighted by atomic mass is 9.78. The Morgan fingerprint density at radius 3 is 2.27 bits per heavy atom. The molecule has 1 aromatic rings. The van der Waals surface area contributed by atoms with Crippen molar-refractivity contribution < 1.29 is 19.0 Å². The average Bonchev–Trinajstić information content (AvgIpc) is 2.48. The summed E-state index contributed by atoms with van der Waals surface area (Å²) in [6, 6.07) is 3.33. The van der Waals surface area contributed by atoms with Gasteiger partial charge in [-0.2, -0.15) is 0 Å². The van der Waals surface area contributed by atoms with E-state index in [1.54, 1.807) is 12.1 Å². The molecule has 1 fully saturated rings. The number of halogens is 1. The number of carbonyl (C=O) groups is 1. The highest BCUT2D eigenvalue weighted by Gasteiger charge is 2.33. The topological polar surface area (TPSA) is 82.8 Å². The Hall–Kier alpha value is -1.66. The molecular formula is C15H23ClN2O4. The van der Waals surface area contributed by atoms with Crippen LogP contribution in [0.15, 0.2) is 12.1 Å². The lowest BCUT2D eigenvalue weighted by molar-refractivity contribution is 0.0926. The molecule has 0 saturated heterocycles. The van der Waals surface area contributed by atoms with Crippen LogP contribution in [-0.4, -0.2) is 39.3 Å². The van der Waals surface area contributed by atoms with E-state index >= 15 is 0 Å². The van der Waals surface area contributed by atoms with Crippen LogP contribution in [0.25, 0.3) is 0 Å². The van der Waals surface area contributed by atoms with Crippen molar-refractivity contribution in [3.05, 3.63) is 17.7 Å². The number of ether oxygens (including phenoxy) is 3. The molecular weight excluding hydrogens is 308 g/mol. The van der Waals surface area contributed by atoms with Gasteiger partial charge in [0.1, 0.15) is 0 Å². The molecule has 0 spiro atoms. The number of nitrogens with one attached hydrogen (secondary N) is 1. The maximum Gasteiger partial charge on any atom is 0.255 e. The molecule has 0 heterocycles. The predicted octanol–water partition coefficient (Wildman–Crippen LogP) is 1.75. The van der Waals surface area contributed by atoms with Crippen molar-refractivity contribution in [2.24, 2.45) is 5.73 Å². The average molecular weight is 331 g/mol. The minimum atomic E-state index is -0.264. The van der Waals surface area contributed by atoms with Crippen LogP contribution in [0.2, 0.25) is 0 Å². The number of amides is 1. The maximum absolute atomic E-state index is 12.3. The molecule has 1 aliphatic rings. The van der Waals surface area contributed by atoms with E-state index in [0.29, 0.717) is 29.4 Å². The van der Waals surface area contributed by atoms with E-state index in [9.17, 15) is 4.79 Å². The van der Waals surface area contributed by atoms with Gasteiger partial charge >= 0.3 is 0 Å². The van der Waals surface area contributed by atoms with E-state index in [2.05, 4.69) is 5.32 Å². The maximum atomic E-state index is 12.3. The Morgan fingerprint density at radius 1 is 1.18 bits per heavy atom. The van der Waals surface area contributed by atoms with Gasteiger partial charge in [0, 0.05) is 12.1 Å². The van der Waals surface area contributed by atoms with Gasteiger partial charge in [0.25, 0.3) is 5.91 Å². The number of carbonyl (C=O) groups excluding carboxylic acids is 1. The Labute approximate surface area is 136 Å². The van der Waals surface area contributed by atoms with Crippen LogP contribution in [0.4, 0.5) is 0 Å². The van der Waals surface area contributed by atoms with Crippen LogP contribution in [0.1, 0.15) is 29.6 Å². The molecule has 1 amide bonds. The zero-order chi connectivity index (χ0) is 15.5. The Balaban J connectivity index is 0.00000242. The molecule has 3 N–H and O–H groups in total. The van der Waals surface area contributed by atoms with Crippen molar-refractivity contribution in [3.8, 4) is 17.2 Å². The predicted molar refractivity (Wildman–Crippen MR) is 86.4 cm³/mol. The number of benzene rings is 1. The van der Waals surface area contributed by atoms with Gasteiger partial charge in [0.05, 0.1) is 26.9 Å². The van der Waals surface area contributed by atoms with Crippen molar-refractivity contribution in [2.45, 2.75) is 24.8 Å². The van der Waals surface area contributed by atoms with Gasteiger partial charge in [-0.05, 0) is 31.4 Å². The van der Waals surface area contributed by atoms with E-state index in [1.165, 1.54) is 21.3 Å². The molecule has 0 bridgehead atoms. The van der Waals surface area contributed by atoms with Gasteiger partial charge in [-0.25, -0.2) is 0 Å². The quantitative estimate of drug-likeness (QED) is 0.830. The summed E-state index contributed by atoms with van der Waals surface area (Å²) in [5.74, 6) is 1.04. The molecule has 0 radical (unpaired) electrons. The van der Waals surface area contributed by atoms with Crippen LogP contribution in [0.3, 0.4) is 0 Å². The van der Waals surface area contributed by atoms with Crippen molar-refractivity contribution in [1.82, 2.24) is 5.32 Å². The summed E-state index contributed by atoms with van der Waals surface area (Å²) in [6.45, 7) is 0.462. The van der Waals surface area contributed by atoms with Crippen LogP contribution >= 0.6 is 12.4 Å². The van der Waals surface area contributed by atoms with E-state index in [1.807, 2.05) is 0 Å². The molecule has 1 aliphatic carbocycles. The van der Waals surface area contributed by atoms with E-state index in [-0.39, 0.29) is 23.9 Å². The van der Waals surface area contributed by atoms with E-state index in [4.69, 9.17) is 19.9 Å². The number of hydrogen-bond acceptors (Lipinski definition) is 5. The third-order valence-corrected chi connectivity index (χ3v) is 3.90. The second-order valence-electron chi connectivity index (χ2n) is 5.28. The lowest BCUT2D eigenvalue weighted by Gasteiger charge is -2.38. The molecule has 0 unspecified atom stereocenters. The number of rotatable bonds is 6. The standard InChI is InChI=1S/C15H22N2O4.ClH/c1-19-11-6-5-10(12(20-2)13(11)21-3)14(18)17-9-15(16)7-4-8-15;/h5-6H,4,7-9,16H2,1-3H3,(H,17,18);1H. The zero-order valence-corrected chi connectivity index (χ0v) is 13.9. The molecule has 124 valence electrons. The van der Waals surface area contributed by atoms with Gasteiger partial charge in [0.15, 0.2) is 11.5 Å². The zero-order valence-electron chi connectivity index (χ0n) is 13.1. The second kappa shape index (κ2) is 7.56. The Bertz CT molecular complexity index is 533. The Kier molecular flexibility index (Phi) is 6.32. The summed E-state index contributed by atoms with van der Waals surface area (Å²) in [4.78, 5) is 12.3. The number of methoxy groups -OCH3 is 3. The summed E-state index contributed by atoms with van der Waals surface area (Å²) in [5.41, 5.74) is 6.25. The van der Waals surface area contributed by atoms with Crippen LogP contribution in [0, 0.1) is 0 Å².